The van der Waals surface area contributed by atoms with E-state index in [2.05, 4.69) is 26.2 Å². The summed E-state index contributed by atoms with van der Waals surface area (Å²) < 4.78 is 0. The monoisotopic (exact) mass is 284 g/mol. The van der Waals surface area contributed by atoms with E-state index in [0.29, 0.717) is 6.04 Å². The zero-order valence-electron chi connectivity index (χ0n) is 14.4. The standard InChI is InChI=1S/C18H40N2/c1-4-5-6-7-8-9-10-11-12-15-18(20-19)16-13-14-17(2)3/h17-18,20H,4-16,19H2,1-3H3. The van der Waals surface area contributed by atoms with Gasteiger partial charge in [0.2, 0.25) is 0 Å². The van der Waals surface area contributed by atoms with E-state index in [9.17, 15) is 0 Å². The van der Waals surface area contributed by atoms with E-state index in [4.69, 9.17) is 5.84 Å². The third-order valence-corrected chi connectivity index (χ3v) is 4.23. The maximum absolute atomic E-state index is 5.65. The number of nitrogens with one attached hydrogen (secondary N) is 1. The summed E-state index contributed by atoms with van der Waals surface area (Å²) in [7, 11) is 0. The molecule has 2 nitrogen and oxygen atoms in total. The molecule has 0 amide bonds. The molecule has 0 fully saturated rings. The fraction of sp³-hybridized carbons (Fsp3) is 1.00. The SMILES string of the molecule is CCCCCCCCCCCC(CCCC(C)C)NN. The molecular formula is C18H40N2. The third-order valence-electron chi connectivity index (χ3n) is 4.23. The zero-order valence-corrected chi connectivity index (χ0v) is 14.4. The third kappa shape index (κ3) is 14.3. The second kappa shape index (κ2) is 15.3. The number of unbranched alkanes of at least 4 members (excludes halogenated alkanes) is 8. The molecule has 2 heteroatoms. The number of hydrogen-bond donors (Lipinski definition) is 2. The lowest BCUT2D eigenvalue weighted by Crippen LogP contribution is -2.35. The van der Waals surface area contributed by atoms with Gasteiger partial charge in [0.25, 0.3) is 0 Å². The molecule has 0 aromatic heterocycles. The van der Waals surface area contributed by atoms with Crippen LogP contribution in [0.25, 0.3) is 0 Å². The van der Waals surface area contributed by atoms with Crippen molar-refractivity contribution in [2.24, 2.45) is 11.8 Å². The molecule has 0 aliphatic carbocycles. The lowest BCUT2D eigenvalue weighted by atomic mass is 9.99. The highest BCUT2D eigenvalue weighted by molar-refractivity contribution is 4.64. The van der Waals surface area contributed by atoms with Crippen LogP contribution in [0.15, 0.2) is 0 Å². The van der Waals surface area contributed by atoms with Gasteiger partial charge in [-0.1, -0.05) is 91.4 Å². The first-order valence-electron chi connectivity index (χ1n) is 9.16. The second-order valence-electron chi connectivity index (χ2n) is 6.81. The molecule has 1 atom stereocenters. The molecule has 0 radical (unpaired) electrons. The van der Waals surface area contributed by atoms with Gasteiger partial charge in [0.15, 0.2) is 0 Å². The second-order valence-corrected chi connectivity index (χ2v) is 6.81. The summed E-state index contributed by atoms with van der Waals surface area (Å²) in [6.45, 7) is 6.87. The predicted molar refractivity (Wildman–Crippen MR) is 91.6 cm³/mol. The van der Waals surface area contributed by atoms with E-state index >= 15 is 0 Å². The predicted octanol–water partition coefficient (Wildman–Crippen LogP) is 5.57. The molecule has 0 aromatic rings. The van der Waals surface area contributed by atoms with E-state index in [0.717, 1.165) is 5.92 Å². The van der Waals surface area contributed by atoms with Gasteiger partial charge in [-0.15, -0.1) is 0 Å². The van der Waals surface area contributed by atoms with E-state index in [1.807, 2.05) is 0 Å². The van der Waals surface area contributed by atoms with Gasteiger partial charge in [-0.05, 0) is 18.8 Å². The van der Waals surface area contributed by atoms with Gasteiger partial charge in [0, 0.05) is 6.04 Å². The Morgan fingerprint density at radius 3 is 1.70 bits per heavy atom. The highest BCUT2D eigenvalue weighted by Gasteiger charge is 2.06. The molecule has 0 bridgehead atoms. The van der Waals surface area contributed by atoms with Gasteiger partial charge in [-0.2, -0.15) is 0 Å². The van der Waals surface area contributed by atoms with Crippen molar-refractivity contribution in [3.8, 4) is 0 Å². The van der Waals surface area contributed by atoms with Crippen LogP contribution in [0, 0.1) is 5.92 Å². The fourth-order valence-electron chi connectivity index (χ4n) is 2.78. The fourth-order valence-corrected chi connectivity index (χ4v) is 2.78. The summed E-state index contributed by atoms with van der Waals surface area (Å²) in [6.07, 6.45) is 17.8. The largest absolute Gasteiger partial charge is 0.271 e. The summed E-state index contributed by atoms with van der Waals surface area (Å²) in [5.41, 5.74) is 3.00. The van der Waals surface area contributed by atoms with Crippen LogP contribution in [-0.4, -0.2) is 6.04 Å². The van der Waals surface area contributed by atoms with Gasteiger partial charge < -0.3 is 0 Å². The van der Waals surface area contributed by atoms with E-state index in [-0.39, 0.29) is 0 Å². The van der Waals surface area contributed by atoms with Crippen molar-refractivity contribution < 1.29 is 0 Å². The smallest absolute Gasteiger partial charge is 0.0210 e. The highest BCUT2D eigenvalue weighted by Crippen LogP contribution is 2.14. The Morgan fingerprint density at radius 2 is 1.20 bits per heavy atom. The lowest BCUT2D eigenvalue weighted by molar-refractivity contribution is 0.408. The maximum Gasteiger partial charge on any atom is 0.0210 e. The lowest BCUT2D eigenvalue weighted by Gasteiger charge is -2.16. The molecular weight excluding hydrogens is 244 g/mol. The first-order valence-corrected chi connectivity index (χ1v) is 9.16. The molecule has 122 valence electrons. The molecule has 0 saturated carbocycles. The van der Waals surface area contributed by atoms with Gasteiger partial charge in [-0.25, -0.2) is 0 Å². The zero-order chi connectivity index (χ0) is 15.1. The van der Waals surface area contributed by atoms with Crippen molar-refractivity contribution >= 4 is 0 Å². The molecule has 0 saturated heterocycles. The molecule has 0 rings (SSSR count). The number of hydrogen-bond acceptors (Lipinski definition) is 2. The first-order chi connectivity index (χ1) is 9.70. The molecule has 3 N–H and O–H groups in total. The molecule has 0 spiro atoms. The Morgan fingerprint density at radius 1 is 0.700 bits per heavy atom. The van der Waals surface area contributed by atoms with Crippen LogP contribution >= 0.6 is 0 Å². The Labute approximate surface area is 128 Å². The number of rotatable bonds is 15. The van der Waals surface area contributed by atoms with Crippen molar-refractivity contribution in [1.29, 1.82) is 0 Å². The Kier molecular flexibility index (Phi) is 15.3. The molecule has 0 aromatic carbocycles. The minimum Gasteiger partial charge on any atom is -0.271 e. The average molecular weight is 285 g/mol. The highest BCUT2D eigenvalue weighted by atomic mass is 15.2. The Bertz CT molecular complexity index is 180. The molecule has 0 aliphatic rings. The van der Waals surface area contributed by atoms with Crippen LogP contribution in [-0.2, 0) is 0 Å². The van der Waals surface area contributed by atoms with Gasteiger partial charge >= 0.3 is 0 Å². The van der Waals surface area contributed by atoms with Gasteiger partial charge in [-0.3, -0.25) is 11.3 Å². The normalized spacial score (nSPS) is 13.1. The van der Waals surface area contributed by atoms with Gasteiger partial charge in [0.05, 0.1) is 0 Å². The Balaban J connectivity index is 3.29. The van der Waals surface area contributed by atoms with Crippen LogP contribution in [0.3, 0.4) is 0 Å². The summed E-state index contributed by atoms with van der Waals surface area (Å²) in [5.74, 6) is 6.47. The van der Waals surface area contributed by atoms with Crippen molar-refractivity contribution in [2.45, 2.75) is 110 Å². The van der Waals surface area contributed by atoms with Crippen molar-refractivity contribution in [2.75, 3.05) is 0 Å². The summed E-state index contributed by atoms with van der Waals surface area (Å²) in [6, 6.07) is 0.540. The first kappa shape index (κ1) is 19.9. The molecule has 0 heterocycles. The van der Waals surface area contributed by atoms with Crippen LogP contribution in [0.4, 0.5) is 0 Å². The van der Waals surface area contributed by atoms with E-state index in [1.54, 1.807) is 0 Å². The molecule has 0 aliphatic heterocycles. The van der Waals surface area contributed by atoms with Gasteiger partial charge in [0.1, 0.15) is 0 Å². The van der Waals surface area contributed by atoms with Crippen LogP contribution < -0.4 is 11.3 Å². The average Bonchev–Trinajstić information content (AvgIpc) is 2.43. The Hall–Kier alpha value is -0.0800. The van der Waals surface area contributed by atoms with Crippen molar-refractivity contribution in [3.05, 3.63) is 0 Å². The summed E-state index contributed by atoms with van der Waals surface area (Å²) >= 11 is 0. The number of nitrogens with two attached hydrogens (primary N) is 1. The maximum atomic E-state index is 5.65. The van der Waals surface area contributed by atoms with Crippen molar-refractivity contribution in [3.63, 3.8) is 0 Å². The number of hydrazine groups is 1. The minimum absolute atomic E-state index is 0.540. The summed E-state index contributed by atoms with van der Waals surface area (Å²) in [4.78, 5) is 0. The quantitative estimate of drug-likeness (QED) is 0.234. The molecule has 1 unspecified atom stereocenters. The van der Waals surface area contributed by atoms with Crippen LogP contribution in [0.1, 0.15) is 104 Å². The van der Waals surface area contributed by atoms with Crippen LogP contribution in [0.5, 0.6) is 0 Å². The van der Waals surface area contributed by atoms with E-state index in [1.165, 1.54) is 83.5 Å². The van der Waals surface area contributed by atoms with Crippen LogP contribution in [0.2, 0.25) is 0 Å². The van der Waals surface area contributed by atoms with Crippen molar-refractivity contribution in [1.82, 2.24) is 5.43 Å². The van der Waals surface area contributed by atoms with E-state index < -0.39 is 0 Å². The topological polar surface area (TPSA) is 38.0 Å². The summed E-state index contributed by atoms with van der Waals surface area (Å²) in [5, 5.41) is 0. The minimum atomic E-state index is 0.540. The molecule has 20 heavy (non-hydrogen) atoms.